The van der Waals surface area contributed by atoms with Crippen molar-refractivity contribution in [3.63, 3.8) is 0 Å². The van der Waals surface area contributed by atoms with Crippen molar-refractivity contribution in [1.29, 1.82) is 0 Å². The summed E-state index contributed by atoms with van der Waals surface area (Å²) in [6, 6.07) is 122. The van der Waals surface area contributed by atoms with Gasteiger partial charge in [-0.3, -0.25) is 0 Å². The molecular weight excluding hydrogens is 1460 g/mol. The van der Waals surface area contributed by atoms with Gasteiger partial charge in [-0.05, 0) is 108 Å². The zero-order chi connectivity index (χ0) is 66.2. The standard InChI is InChI=1S/C33H22N.C32H24N.C31H20N.3Y/c1-34-32-13-7-6-11-28(32)31-21-30(27-10-4-5-12-29(27)33(31)34)24-17-14-23(15-18-24)26-19-16-22-8-2-3-9-25(22)20-26;1-32(2)28-14-8-6-11-22(28)23-17-16-20(18-29(23)32)26-19-27-24-12-7-9-15-30(24)33(3)31(27)25-13-5-4-10-21(25)26;1-32-29-17-9-8-15-25(29)28-19-27(24-14-6-7-16-26(24)31(28)32)30-22-12-4-2-10-20(22)18-21-11-3-5-13-23(21)30;;;/h3-21H,1H3;4-7,9-19H,1-3H3;2-17,19H,1H3;;;/q3*-1;;;. The second kappa shape index (κ2) is 27.0. The van der Waals surface area contributed by atoms with E-state index in [2.05, 4.69) is 358 Å². The van der Waals surface area contributed by atoms with Gasteiger partial charge in [0.15, 0.2) is 0 Å². The van der Waals surface area contributed by atoms with Crippen molar-refractivity contribution in [1.82, 2.24) is 13.7 Å². The largest absolute Gasteiger partial charge is 0.343 e. The molecule has 0 amide bonds. The molecule has 0 atom stereocenters. The molecule has 3 aromatic heterocycles. The predicted molar refractivity (Wildman–Crippen MR) is 422 cm³/mol. The van der Waals surface area contributed by atoms with Gasteiger partial charge in [-0.15, -0.1) is 56.9 Å². The molecule has 1 aliphatic rings. The molecule has 17 aromatic carbocycles. The Balaban J connectivity index is 0.000000117. The van der Waals surface area contributed by atoms with Gasteiger partial charge in [0.2, 0.25) is 0 Å². The Kier molecular flexibility index (Phi) is 17.9. The summed E-state index contributed by atoms with van der Waals surface area (Å²) < 4.78 is 7.01. The van der Waals surface area contributed by atoms with Crippen molar-refractivity contribution >= 4 is 130 Å². The fraction of sp³-hybridized carbons (Fsp3) is 0.0625. The number of benzene rings is 17. The maximum Gasteiger partial charge on any atom is 0.0568 e. The van der Waals surface area contributed by atoms with Crippen molar-refractivity contribution in [2.45, 2.75) is 19.3 Å². The van der Waals surface area contributed by atoms with Crippen LogP contribution in [-0.2, 0) is 125 Å². The van der Waals surface area contributed by atoms with Crippen LogP contribution in [0.3, 0.4) is 0 Å². The first-order valence-electron chi connectivity index (χ1n) is 34.3. The topological polar surface area (TPSA) is 14.8 Å². The fourth-order valence-electron chi connectivity index (χ4n) is 16.9. The molecule has 6 heteroatoms. The summed E-state index contributed by atoms with van der Waals surface area (Å²) in [7, 11) is 6.54. The van der Waals surface area contributed by atoms with E-state index < -0.39 is 0 Å². The number of aryl methyl sites for hydroxylation is 3. The van der Waals surface area contributed by atoms with E-state index in [0.717, 1.165) is 10.8 Å². The molecule has 102 heavy (non-hydrogen) atoms. The van der Waals surface area contributed by atoms with E-state index in [9.17, 15) is 0 Å². The molecule has 3 heterocycles. The zero-order valence-corrected chi connectivity index (χ0v) is 66.0. The SMILES string of the molecule is Cn1c2ccccc2c2cc(-c3c4ccccc4[c-]c4ccccc34)c3ccccc3c21.Cn1c2ccccc2c2cc(-c3ccc(-c4ccc5c[c-]ccc5c4)cc3)c3ccccc3c21.Cn1c2ccccc2c2cc(-c3ccc4c(c3)C(C)(C)c3c[c-]ccc3-4)c3ccccc3c21.[Y].[Y].[Y]. The van der Waals surface area contributed by atoms with Crippen molar-refractivity contribution < 1.29 is 98.1 Å². The normalized spacial score (nSPS) is 12.2. The minimum Gasteiger partial charge on any atom is -0.343 e. The molecule has 0 unspecified atom stereocenters. The summed E-state index contributed by atoms with van der Waals surface area (Å²) in [4.78, 5) is 0. The summed E-state index contributed by atoms with van der Waals surface area (Å²) in [5.41, 5.74) is 23.3. The van der Waals surface area contributed by atoms with E-state index >= 15 is 0 Å². The van der Waals surface area contributed by atoms with Gasteiger partial charge in [0.25, 0.3) is 0 Å². The quantitative estimate of drug-likeness (QED) is 0.123. The van der Waals surface area contributed by atoms with E-state index in [0.29, 0.717) is 0 Å². The van der Waals surface area contributed by atoms with Gasteiger partial charge < -0.3 is 13.7 Å². The molecule has 0 fully saturated rings. The maximum absolute atomic E-state index is 3.63. The zero-order valence-electron chi connectivity index (χ0n) is 57.5. The van der Waals surface area contributed by atoms with Crippen LogP contribution in [0.2, 0.25) is 0 Å². The molecule has 3 nitrogen and oxygen atoms in total. The van der Waals surface area contributed by atoms with Crippen LogP contribution >= 0.6 is 0 Å². The minimum atomic E-state index is -0.0300. The van der Waals surface area contributed by atoms with Crippen LogP contribution in [-0.4, -0.2) is 13.7 Å². The van der Waals surface area contributed by atoms with E-state index in [4.69, 9.17) is 0 Å². The van der Waals surface area contributed by atoms with Crippen molar-refractivity contribution in [3.05, 3.63) is 339 Å². The number of rotatable bonds is 4. The summed E-state index contributed by atoms with van der Waals surface area (Å²) in [5, 5.41) is 22.9. The molecule has 0 N–H and O–H groups in total. The molecule has 1 aliphatic carbocycles. The van der Waals surface area contributed by atoms with Gasteiger partial charge in [0.1, 0.15) is 0 Å². The molecule has 0 spiro atoms. The molecule has 0 bridgehead atoms. The third kappa shape index (κ3) is 10.8. The van der Waals surface area contributed by atoms with E-state index in [1.165, 1.54) is 186 Å². The summed E-state index contributed by atoms with van der Waals surface area (Å²) in [5.74, 6) is 0. The number of hydrogen-bond acceptors (Lipinski definition) is 0. The number of aromatic nitrogens is 3. The van der Waals surface area contributed by atoms with E-state index in [1.54, 1.807) is 0 Å². The third-order valence-electron chi connectivity index (χ3n) is 21.7. The molecule has 20 aromatic rings. The van der Waals surface area contributed by atoms with Gasteiger partial charge in [-0.1, -0.05) is 249 Å². The van der Waals surface area contributed by atoms with Crippen molar-refractivity contribution in [3.8, 4) is 55.6 Å². The Bertz CT molecular complexity index is 6690. The average Bonchev–Trinajstić information content (AvgIpc) is 1.52. The molecule has 477 valence electrons. The Morgan fingerprint density at radius 3 is 1.17 bits per heavy atom. The fourth-order valence-corrected chi connectivity index (χ4v) is 16.9. The van der Waals surface area contributed by atoms with Crippen LogP contribution in [0.15, 0.2) is 309 Å². The number of nitrogens with zero attached hydrogens (tertiary/aromatic N) is 3. The number of fused-ring (bicyclic) bond motifs is 21. The van der Waals surface area contributed by atoms with Crippen molar-refractivity contribution in [2.75, 3.05) is 0 Å². The first-order valence-corrected chi connectivity index (χ1v) is 34.3. The van der Waals surface area contributed by atoms with Crippen molar-refractivity contribution in [2.24, 2.45) is 21.1 Å². The van der Waals surface area contributed by atoms with Crippen LogP contribution in [0.4, 0.5) is 0 Å². The summed E-state index contributed by atoms with van der Waals surface area (Å²) >= 11 is 0. The first-order chi connectivity index (χ1) is 48.6. The van der Waals surface area contributed by atoms with Gasteiger partial charge in [-0.25, -0.2) is 0 Å². The maximum atomic E-state index is 3.63. The van der Waals surface area contributed by atoms with Crippen LogP contribution in [0.25, 0.3) is 186 Å². The van der Waals surface area contributed by atoms with Crippen LogP contribution in [0, 0.1) is 18.2 Å². The monoisotopic (exact) mass is 1530 g/mol. The van der Waals surface area contributed by atoms with E-state index in [1.807, 2.05) is 18.2 Å². The molecule has 0 saturated heterocycles. The second-order valence-corrected chi connectivity index (χ2v) is 27.3. The Labute approximate surface area is 669 Å². The Morgan fingerprint density at radius 1 is 0.265 bits per heavy atom. The summed E-state index contributed by atoms with van der Waals surface area (Å²) in [6.45, 7) is 4.67. The van der Waals surface area contributed by atoms with Gasteiger partial charge in [0, 0.05) is 184 Å². The molecular formula is C96H66N3Y3-3. The minimum absolute atomic E-state index is 0. The Hall–Kier alpha value is -8.99. The smallest absolute Gasteiger partial charge is 0.0568 e. The predicted octanol–water partition coefficient (Wildman–Crippen LogP) is 25.3. The van der Waals surface area contributed by atoms with Crippen LogP contribution in [0.1, 0.15) is 25.0 Å². The Morgan fingerprint density at radius 2 is 0.647 bits per heavy atom. The second-order valence-electron chi connectivity index (χ2n) is 27.3. The van der Waals surface area contributed by atoms with Gasteiger partial charge >= 0.3 is 0 Å². The van der Waals surface area contributed by atoms with Gasteiger partial charge in [-0.2, -0.15) is 48.5 Å². The first kappa shape index (κ1) is 67.5. The average molecular weight is 1530 g/mol. The molecule has 0 aliphatic heterocycles. The third-order valence-corrected chi connectivity index (χ3v) is 21.7. The van der Waals surface area contributed by atoms with Gasteiger partial charge in [0.05, 0.1) is 16.6 Å². The molecule has 0 saturated carbocycles. The van der Waals surface area contributed by atoms with Crippen LogP contribution in [0.5, 0.6) is 0 Å². The number of para-hydroxylation sites is 3. The molecule has 3 radical (unpaired) electrons. The summed E-state index contributed by atoms with van der Waals surface area (Å²) in [6.07, 6.45) is 0. The molecule has 21 rings (SSSR count). The number of hydrogen-bond donors (Lipinski definition) is 0. The van der Waals surface area contributed by atoms with E-state index in [-0.39, 0.29) is 104 Å². The van der Waals surface area contributed by atoms with Crippen LogP contribution < -0.4 is 0 Å².